The molecule has 0 aliphatic carbocycles. The summed E-state index contributed by atoms with van der Waals surface area (Å²) in [6.45, 7) is 9.52. The molecule has 9 heteroatoms. The Morgan fingerprint density at radius 2 is 2.00 bits per heavy atom. The number of fused-ring (bicyclic) bond motifs is 1. The highest BCUT2D eigenvalue weighted by Gasteiger charge is 2.29. The van der Waals surface area contributed by atoms with Gasteiger partial charge in [-0.25, -0.2) is 9.37 Å². The number of nitrogens with zero attached hydrogens (tertiary/aromatic N) is 3. The van der Waals surface area contributed by atoms with Crippen molar-refractivity contribution in [2.45, 2.75) is 84.5 Å². The van der Waals surface area contributed by atoms with Gasteiger partial charge < -0.3 is 14.6 Å². The number of rotatable bonds is 9. The molecule has 192 valence electrons. The van der Waals surface area contributed by atoms with Crippen LogP contribution in [0.5, 0.6) is 0 Å². The van der Waals surface area contributed by atoms with Crippen LogP contribution in [0.3, 0.4) is 0 Å². The standard InChI is InChI=1S/C26H36ClFN4O3/c1-6-8-18(9-7-10-22(33)35-26(2,3)4)29-25(34)23-21-16-31(5)13-14-32(21)24(30-23)19-12-11-17(27)15-20(19)28/h11-12,15,18H,6-10,13-14,16H2,1-5H3,(H,29,34). The van der Waals surface area contributed by atoms with Crippen molar-refractivity contribution in [3.63, 3.8) is 0 Å². The summed E-state index contributed by atoms with van der Waals surface area (Å²) in [5, 5.41) is 3.42. The molecule has 0 saturated carbocycles. The average molecular weight is 507 g/mol. The topological polar surface area (TPSA) is 76.5 Å². The quantitative estimate of drug-likeness (QED) is 0.473. The molecule has 1 aliphatic rings. The number of carbonyl (C=O) groups excluding carboxylic acids is 2. The second-order valence-corrected chi connectivity index (χ2v) is 10.6. The van der Waals surface area contributed by atoms with Crippen LogP contribution in [0.25, 0.3) is 11.4 Å². The monoisotopic (exact) mass is 506 g/mol. The highest BCUT2D eigenvalue weighted by Crippen LogP contribution is 2.29. The Labute approximate surface area is 212 Å². The van der Waals surface area contributed by atoms with Crippen molar-refractivity contribution in [1.29, 1.82) is 0 Å². The van der Waals surface area contributed by atoms with Gasteiger partial charge in [-0.05, 0) is 65.3 Å². The number of halogens is 2. The van der Waals surface area contributed by atoms with E-state index in [4.69, 9.17) is 16.3 Å². The fourth-order valence-electron chi connectivity index (χ4n) is 4.33. The summed E-state index contributed by atoms with van der Waals surface area (Å²) in [5.74, 6) is -0.549. The number of ether oxygens (including phenoxy) is 1. The van der Waals surface area contributed by atoms with Gasteiger partial charge in [0.2, 0.25) is 0 Å². The van der Waals surface area contributed by atoms with E-state index in [0.717, 1.165) is 25.1 Å². The van der Waals surface area contributed by atoms with E-state index in [0.29, 0.717) is 54.5 Å². The van der Waals surface area contributed by atoms with E-state index in [1.54, 1.807) is 12.1 Å². The molecule has 0 saturated heterocycles. The first-order chi connectivity index (χ1) is 16.5. The van der Waals surface area contributed by atoms with Gasteiger partial charge in [-0.15, -0.1) is 0 Å². The fraction of sp³-hybridized carbons (Fsp3) is 0.577. The van der Waals surface area contributed by atoms with Crippen LogP contribution in [0.15, 0.2) is 18.2 Å². The lowest BCUT2D eigenvalue weighted by molar-refractivity contribution is -0.154. The molecule has 2 heterocycles. The van der Waals surface area contributed by atoms with Crippen LogP contribution in [0.1, 0.15) is 76.0 Å². The number of nitrogens with one attached hydrogen (secondary N) is 1. The molecule has 1 aromatic carbocycles. The Balaban J connectivity index is 1.78. The van der Waals surface area contributed by atoms with E-state index in [1.807, 2.05) is 32.4 Å². The number of esters is 1. The van der Waals surface area contributed by atoms with Crippen molar-refractivity contribution in [3.05, 3.63) is 40.4 Å². The molecule has 1 aromatic heterocycles. The molecule has 0 bridgehead atoms. The normalized spacial score (nSPS) is 14.9. The Morgan fingerprint density at radius 1 is 1.26 bits per heavy atom. The summed E-state index contributed by atoms with van der Waals surface area (Å²) in [6.07, 6.45) is 3.26. The minimum Gasteiger partial charge on any atom is -0.460 e. The minimum atomic E-state index is -0.511. The van der Waals surface area contributed by atoms with Gasteiger partial charge in [0.05, 0.1) is 11.3 Å². The lowest BCUT2D eigenvalue weighted by Crippen LogP contribution is -2.37. The van der Waals surface area contributed by atoms with Gasteiger partial charge in [-0.2, -0.15) is 0 Å². The van der Waals surface area contributed by atoms with Crippen molar-refractivity contribution < 1.29 is 18.7 Å². The third-order valence-electron chi connectivity index (χ3n) is 5.91. The summed E-state index contributed by atoms with van der Waals surface area (Å²) in [4.78, 5) is 32.1. The lowest BCUT2D eigenvalue weighted by atomic mass is 10.0. The van der Waals surface area contributed by atoms with Crippen LogP contribution in [0, 0.1) is 5.82 Å². The molecular formula is C26H36ClFN4O3. The van der Waals surface area contributed by atoms with Crippen molar-refractivity contribution in [2.75, 3.05) is 13.6 Å². The largest absolute Gasteiger partial charge is 0.460 e. The second kappa shape index (κ2) is 11.5. The smallest absolute Gasteiger partial charge is 0.306 e. The zero-order valence-electron chi connectivity index (χ0n) is 21.3. The first-order valence-corrected chi connectivity index (χ1v) is 12.6. The van der Waals surface area contributed by atoms with Gasteiger partial charge in [-0.3, -0.25) is 14.5 Å². The number of aromatic nitrogens is 2. The minimum absolute atomic E-state index is 0.0932. The molecule has 1 amide bonds. The molecular weight excluding hydrogens is 471 g/mol. The maximum atomic E-state index is 14.7. The first-order valence-electron chi connectivity index (χ1n) is 12.2. The molecule has 35 heavy (non-hydrogen) atoms. The van der Waals surface area contributed by atoms with Gasteiger partial charge in [-0.1, -0.05) is 24.9 Å². The molecule has 1 N–H and O–H groups in total. The van der Waals surface area contributed by atoms with E-state index in [2.05, 4.69) is 22.1 Å². The maximum absolute atomic E-state index is 14.7. The molecule has 1 unspecified atom stereocenters. The van der Waals surface area contributed by atoms with Crippen molar-refractivity contribution >= 4 is 23.5 Å². The Kier molecular flexibility index (Phi) is 8.94. The van der Waals surface area contributed by atoms with Crippen molar-refractivity contribution in [1.82, 2.24) is 19.8 Å². The molecule has 1 aliphatic heterocycles. The fourth-order valence-corrected chi connectivity index (χ4v) is 4.49. The van der Waals surface area contributed by atoms with Gasteiger partial charge in [0, 0.05) is 37.1 Å². The van der Waals surface area contributed by atoms with E-state index in [9.17, 15) is 14.0 Å². The molecule has 7 nitrogen and oxygen atoms in total. The zero-order valence-corrected chi connectivity index (χ0v) is 22.0. The number of hydrogen-bond donors (Lipinski definition) is 1. The van der Waals surface area contributed by atoms with Gasteiger partial charge in [0.1, 0.15) is 17.2 Å². The van der Waals surface area contributed by atoms with E-state index >= 15 is 0 Å². The van der Waals surface area contributed by atoms with Gasteiger partial charge >= 0.3 is 5.97 Å². The van der Waals surface area contributed by atoms with Gasteiger partial charge in [0.15, 0.2) is 5.69 Å². The van der Waals surface area contributed by atoms with E-state index in [-0.39, 0.29) is 17.9 Å². The average Bonchev–Trinajstić information content (AvgIpc) is 3.11. The van der Waals surface area contributed by atoms with Crippen LogP contribution in [-0.2, 0) is 22.6 Å². The van der Waals surface area contributed by atoms with Gasteiger partial charge in [0.25, 0.3) is 5.91 Å². The zero-order chi connectivity index (χ0) is 25.8. The third kappa shape index (κ3) is 7.27. The molecule has 0 radical (unpaired) electrons. The number of benzene rings is 1. The van der Waals surface area contributed by atoms with Crippen molar-refractivity contribution in [3.8, 4) is 11.4 Å². The van der Waals surface area contributed by atoms with Crippen LogP contribution in [0.2, 0.25) is 5.02 Å². The number of carbonyl (C=O) groups is 2. The van der Waals surface area contributed by atoms with Crippen LogP contribution in [-0.4, -0.2) is 51.6 Å². The highest BCUT2D eigenvalue weighted by molar-refractivity contribution is 6.30. The number of imidazole rings is 1. The predicted molar refractivity (Wildman–Crippen MR) is 135 cm³/mol. The molecule has 2 aromatic rings. The summed E-state index contributed by atoms with van der Waals surface area (Å²) in [6, 6.07) is 4.39. The molecule has 1 atom stereocenters. The number of amides is 1. The second-order valence-electron chi connectivity index (χ2n) is 10.2. The summed E-state index contributed by atoms with van der Waals surface area (Å²) in [7, 11) is 1.98. The Bertz CT molecular complexity index is 1060. The summed E-state index contributed by atoms with van der Waals surface area (Å²) >= 11 is 5.94. The Hall–Kier alpha value is -2.45. The third-order valence-corrected chi connectivity index (χ3v) is 6.15. The van der Waals surface area contributed by atoms with Crippen molar-refractivity contribution in [2.24, 2.45) is 0 Å². The summed E-state index contributed by atoms with van der Waals surface area (Å²) < 4.78 is 22.0. The van der Waals surface area contributed by atoms with Crippen LogP contribution < -0.4 is 5.32 Å². The van der Waals surface area contributed by atoms with Crippen LogP contribution >= 0.6 is 11.6 Å². The molecule has 0 spiro atoms. The SMILES string of the molecule is CCCC(CCCC(=O)OC(C)(C)C)NC(=O)c1nc(-c2ccc(Cl)cc2F)n2c1CN(C)CC2. The lowest BCUT2D eigenvalue weighted by Gasteiger charge is -2.26. The number of hydrogen-bond acceptors (Lipinski definition) is 5. The molecule has 3 rings (SSSR count). The number of likely N-dealkylation sites (N-methyl/N-ethyl adjacent to an activating group) is 1. The summed E-state index contributed by atoms with van der Waals surface area (Å²) in [5.41, 5.74) is 0.892. The molecule has 0 fully saturated rings. The predicted octanol–water partition coefficient (Wildman–Crippen LogP) is 5.20. The van der Waals surface area contributed by atoms with E-state index in [1.165, 1.54) is 6.07 Å². The first kappa shape index (κ1) is 27.1. The highest BCUT2D eigenvalue weighted by atomic mass is 35.5. The Morgan fingerprint density at radius 3 is 2.66 bits per heavy atom. The van der Waals surface area contributed by atoms with E-state index < -0.39 is 11.4 Å². The maximum Gasteiger partial charge on any atom is 0.306 e. The van der Waals surface area contributed by atoms with Crippen LogP contribution in [0.4, 0.5) is 4.39 Å².